The summed E-state index contributed by atoms with van der Waals surface area (Å²) in [6, 6.07) is 10.4. The first-order valence-electron chi connectivity index (χ1n) is 18.4. The van der Waals surface area contributed by atoms with Crippen molar-refractivity contribution in [1.82, 2.24) is 34.9 Å². The van der Waals surface area contributed by atoms with Crippen LogP contribution >= 0.6 is 11.6 Å². The number of aryl methyl sites for hydroxylation is 2. The van der Waals surface area contributed by atoms with Crippen LogP contribution in [0.3, 0.4) is 0 Å². The number of ether oxygens (including phenoxy) is 1. The van der Waals surface area contributed by atoms with E-state index < -0.39 is 11.6 Å². The van der Waals surface area contributed by atoms with E-state index in [1.807, 2.05) is 39.2 Å². The lowest BCUT2D eigenvalue weighted by Gasteiger charge is -2.43. The molecule has 0 unspecified atom stereocenters. The molecule has 3 aliphatic heterocycles. The fourth-order valence-corrected chi connectivity index (χ4v) is 8.35. The van der Waals surface area contributed by atoms with Crippen molar-refractivity contribution in [2.24, 2.45) is 13.0 Å². The summed E-state index contributed by atoms with van der Waals surface area (Å²) in [5.74, 6) is -0.927. The number of piperidine rings is 2. The summed E-state index contributed by atoms with van der Waals surface area (Å²) in [7, 11) is 1.82. The molecule has 282 valence electrons. The number of piperazine rings is 1. The van der Waals surface area contributed by atoms with E-state index in [0.29, 0.717) is 55.4 Å². The fraction of sp³-hybridized carbons (Fsp3) is 0.410. The Morgan fingerprint density at radius 3 is 2.43 bits per heavy atom. The molecule has 0 aliphatic carbocycles. The van der Waals surface area contributed by atoms with Crippen LogP contribution in [0.4, 0.5) is 20.2 Å². The minimum Gasteiger partial charge on any atom is -0.453 e. The van der Waals surface area contributed by atoms with Gasteiger partial charge in [-0.1, -0.05) is 23.7 Å². The minimum absolute atomic E-state index is 0.0280. The van der Waals surface area contributed by atoms with E-state index in [-0.39, 0.29) is 46.0 Å². The van der Waals surface area contributed by atoms with Crippen LogP contribution in [0.25, 0.3) is 22.6 Å². The summed E-state index contributed by atoms with van der Waals surface area (Å²) in [4.78, 5) is 42.5. The van der Waals surface area contributed by atoms with E-state index >= 15 is 8.78 Å². The number of rotatable bonds is 8. The van der Waals surface area contributed by atoms with Gasteiger partial charge in [-0.25, -0.2) is 18.7 Å². The van der Waals surface area contributed by atoms with E-state index in [4.69, 9.17) is 16.3 Å². The molecule has 6 heterocycles. The number of imidazole rings is 1. The fourth-order valence-electron chi connectivity index (χ4n) is 8.16. The van der Waals surface area contributed by atoms with Gasteiger partial charge in [-0.2, -0.15) is 5.10 Å². The molecule has 5 aromatic rings. The molecular weight excluding hydrogens is 716 g/mol. The number of hydrogen-bond donors (Lipinski definition) is 2. The summed E-state index contributed by atoms with van der Waals surface area (Å²) in [6.45, 7) is 8.58. The largest absolute Gasteiger partial charge is 0.453 e. The molecule has 54 heavy (non-hydrogen) atoms. The number of hydrogen-bond acceptors (Lipinski definition) is 9. The van der Waals surface area contributed by atoms with Crippen molar-refractivity contribution >= 4 is 46.0 Å². The zero-order valence-corrected chi connectivity index (χ0v) is 31.2. The normalized spacial score (nSPS) is 20.2. The predicted molar refractivity (Wildman–Crippen MR) is 202 cm³/mol. The topological polar surface area (TPSA) is 125 Å². The van der Waals surface area contributed by atoms with E-state index in [0.717, 1.165) is 55.0 Å². The summed E-state index contributed by atoms with van der Waals surface area (Å²) >= 11 is 6.48. The van der Waals surface area contributed by atoms with E-state index in [9.17, 15) is 9.59 Å². The number of aromatic amines is 1. The maximum absolute atomic E-state index is 15.8. The Bertz CT molecular complexity index is 2190. The number of pyridine rings is 1. The van der Waals surface area contributed by atoms with Crippen molar-refractivity contribution in [2.45, 2.75) is 51.5 Å². The number of carbonyl (C=O) groups is 2. The molecule has 15 heteroatoms. The highest BCUT2D eigenvalue weighted by molar-refractivity contribution is 6.32. The minimum atomic E-state index is -0.708. The molecule has 0 radical (unpaired) electrons. The number of aromatic nitrogens is 5. The lowest BCUT2D eigenvalue weighted by molar-refractivity contribution is -0.134. The summed E-state index contributed by atoms with van der Waals surface area (Å²) in [6.07, 6.45) is 6.23. The van der Waals surface area contributed by atoms with Crippen LogP contribution in [-0.4, -0.2) is 86.8 Å². The molecule has 3 aromatic heterocycles. The van der Waals surface area contributed by atoms with Gasteiger partial charge in [0, 0.05) is 82.8 Å². The molecule has 2 atom stereocenters. The van der Waals surface area contributed by atoms with Gasteiger partial charge in [-0.15, -0.1) is 0 Å². The molecule has 2 amide bonds. The number of H-pyrrole nitrogens is 1. The Morgan fingerprint density at radius 1 is 1.02 bits per heavy atom. The van der Waals surface area contributed by atoms with Crippen molar-refractivity contribution in [3.63, 3.8) is 0 Å². The van der Waals surface area contributed by atoms with Gasteiger partial charge in [0.2, 0.25) is 11.8 Å². The average molecular weight is 758 g/mol. The predicted octanol–water partition coefficient (Wildman–Crippen LogP) is 6.34. The molecule has 12 nitrogen and oxygen atoms in total. The van der Waals surface area contributed by atoms with Crippen LogP contribution in [0.1, 0.15) is 49.8 Å². The second-order valence-corrected chi connectivity index (χ2v) is 15.1. The van der Waals surface area contributed by atoms with Crippen molar-refractivity contribution in [3.8, 4) is 22.9 Å². The number of fused-ring (bicyclic) bond motifs is 1. The molecule has 0 saturated carbocycles. The SMILES string of the molecule is Cc1nn(C)cc1-c1nc2ncc(Cl)c(Oc3cc(F)c(N4CCN(CC5CCN(c6ccc([C@H]7CCC(=O)NC7=O)cc6)CC5)C[C@H]4C)c(F)c3)c2[nH]1. The quantitative estimate of drug-likeness (QED) is 0.175. The van der Waals surface area contributed by atoms with E-state index in [1.54, 1.807) is 9.58 Å². The number of nitrogens with zero attached hydrogens (tertiary/aromatic N) is 7. The molecule has 2 N–H and O–H groups in total. The Labute approximate surface area is 316 Å². The standard InChI is InChI=1S/C39H42ClF2N9O3/c1-22-19-49(20-24-10-12-50(13-11-24)26-6-4-25(5-7-26)28-8-9-33(52)44-39(28)53)14-15-51(22)35-31(41)16-27(17-32(35)42)54-36-30(40)18-43-38-34(36)45-37(46-38)29-21-48(3)47-23(29)2/h4-7,16-18,21-22,24,28H,8-15,19-20H2,1-3H3,(H,43,45,46)(H,44,52,53)/t22-,28-/m1/s1. The van der Waals surface area contributed by atoms with Gasteiger partial charge < -0.3 is 19.5 Å². The summed E-state index contributed by atoms with van der Waals surface area (Å²) < 4.78 is 39.2. The van der Waals surface area contributed by atoms with Gasteiger partial charge in [0.15, 0.2) is 23.0 Å². The van der Waals surface area contributed by atoms with Crippen molar-refractivity contribution in [1.29, 1.82) is 0 Å². The van der Waals surface area contributed by atoms with Gasteiger partial charge in [0.25, 0.3) is 0 Å². The van der Waals surface area contributed by atoms with Crippen molar-refractivity contribution in [2.75, 3.05) is 49.1 Å². The zero-order valence-electron chi connectivity index (χ0n) is 30.4. The first-order valence-corrected chi connectivity index (χ1v) is 18.8. The average Bonchev–Trinajstić information content (AvgIpc) is 3.72. The van der Waals surface area contributed by atoms with Gasteiger partial charge in [0.1, 0.15) is 27.8 Å². The van der Waals surface area contributed by atoms with Crippen LogP contribution < -0.4 is 19.9 Å². The maximum Gasteiger partial charge on any atom is 0.234 e. The Balaban J connectivity index is 0.872. The first-order chi connectivity index (χ1) is 26.0. The monoisotopic (exact) mass is 757 g/mol. The van der Waals surface area contributed by atoms with Gasteiger partial charge in [-0.05, 0) is 56.7 Å². The molecule has 8 rings (SSSR count). The van der Waals surface area contributed by atoms with Gasteiger partial charge in [0.05, 0.1) is 23.4 Å². The molecule has 0 spiro atoms. The third-order valence-electron chi connectivity index (χ3n) is 10.9. The number of imide groups is 1. The number of carbonyl (C=O) groups excluding carboxylic acids is 2. The molecular formula is C39H42ClF2N9O3. The Kier molecular flexibility index (Phi) is 9.73. The first kappa shape index (κ1) is 35.9. The van der Waals surface area contributed by atoms with Crippen molar-refractivity contribution in [3.05, 3.63) is 76.7 Å². The van der Waals surface area contributed by atoms with Gasteiger partial charge >= 0.3 is 0 Å². The third kappa shape index (κ3) is 7.12. The lowest BCUT2D eigenvalue weighted by Crippen LogP contribution is -2.54. The van der Waals surface area contributed by atoms with Crippen LogP contribution in [0, 0.1) is 24.5 Å². The molecule has 0 bridgehead atoms. The number of anilines is 2. The molecule has 3 fully saturated rings. The summed E-state index contributed by atoms with van der Waals surface area (Å²) in [5, 5.41) is 6.98. The smallest absolute Gasteiger partial charge is 0.234 e. The highest BCUT2D eigenvalue weighted by Crippen LogP contribution is 2.39. The van der Waals surface area contributed by atoms with Crippen LogP contribution in [-0.2, 0) is 16.6 Å². The van der Waals surface area contributed by atoms with Crippen LogP contribution in [0.5, 0.6) is 11.5 Å². The van der Waals surface area contributed by atoms with Gasteiger partial charge in [-0.3, -0.25) is 24.5 Å². The number of amides is 2. The van der Waals surface area contributed by atoms with Crippen molar-refractivity contribution < 1.29 is 23.1 Å². The molecule has 3 saturated heterocycles. The van der Waals surface area contributed by atoms with Crippen LogP contribution in [0.2, 0.25) is 5.02 Å². The highest BCUT2D eigenvalue weighted by atomic mass is 35.5. The second-order valence-electron chi connectivity index (χ2n) is 14.7. The lowest BCUT2D eigenvalue weighted by atomic mass is 9.90. The number of benzene rings is 2. The summed E-state index contributed by atoms with van der Waals surface area (Å²) in [5.41, 5.74) is 4.32. The third-order valence-corrected chi connectivity index (χ3v) is 11.2. The zero-order chi connectivity index (χ0) is 37.7. The molecule has 3 aliphatic rings. The Hall–Kier alpha value is -5.08. The van der Waals surface area contributed by atoms with E-state index in [2.05, 4.69) is 47.3 Å². The molecule has 2 aromatic carbocycles. The maximum atomic E-state index is 15.8. The van der Waals surface area contributed by atoms with E-state index in [1.165, 1.54) is 18.3 Å². The Morgan fingerprint density at radius 2 is 1.76 bits per heavy atom. The number of halogens is 3. The highest BCUT2D eigenvalue weighted by Gasteiger charge is 2.32. The number of nitrogens with one attached hydrogen (secondary N) is 2. The second kappa shape index (κ2) is 14.6. The van der Waals surface area contributed by atoms with Crippen LogP contribution in [0.15, 0.2) is 48.8 Å².